The summed E-state index contributed by atoms with van der Waals surface area (Å²) in [5.74, 6) is -11.3. The van der Waals surface area contributed by atoms with E-state index in [0.717, 1.165) is 24.3 Å². The van der Waals surface area contributed by atoms with Crippen molar-refractivity contribution in [2.45, 2.75) is 39.3 Å². The van der Waals surface area contributed by atoms with Crippen LogP contribution in [0.2, 0.25) is 39.3 Å². The van der Waals surface area contributed by atoms with Gasteiger partial charge in [-0.1, -0.05) is 123 Å². The summed E-state index contributed by atoms with van der Waals surface area (Å²) in [6, 6.07) is 30.0. The van der Waals surface area contributed by atoms with E-state index in [1.807, 2.05) is 39.3 Å². The van der Waals surface area contributed by atoms with E-state index in [1.165, 1.54) is 73.0 Å². The number of carbonyl (C=O) groups is 5. The van der Waals surface area contributed by atoms with Gasteiger partial charge < -0.3 is 15.5 Å². The maximum Gasteiger partial charge on any atom is 0.291 e. The van der Waals surface area contributed by atoms with Crippen LogP contribution < -0.4 is 21.4 Å². The first-order valence-electron chi connectivity index (χ1n) is 28.7. The lowest BCUT2D eigenvalue weighted by molar-refractivity contribution is 0.0988. The molecule has 13 nitrogen and oxygen atoms in total. The van der Waals surface area contributed by atoms with Gasteiger partial charge in [0.15, 0.2) is 71.2 Å². The molecule has 8 aromatic carbocycles. The third kappa shape index (κ3) is 21.0. The van der Waals surface area contributed by atoms with Gasteiger partial charge in [-0.25, -0.2) is 52.7 Å². The lowest BCUT2D eigenvalue weighted by atomic mass is 10.1. The standard InChI is InChI=1S/C20H13F2N3O2.C16H11F2N3O.C10H11BrF2OSi.C9H11BrF2Si.C8H3F2NO.C7H3BrF2O/c21-13-4-1-3-12(9-13)6-7-16-14-10-18(15(22)11-17(14)25-24-16)23-20(26)19-5-2-8-27-19;17-10-3-1-2-9(6-10)4-5-14-12-7-11(16(19)22)13(18)8-15(12)21-20-14;1-15(2,3)10-7(11)4-6(5-14)8(12)9(10)13;1-13(2,3)9-6(10)4-5-7(11)8(9)12;9-7-2-5(3-11)1-6(4-12)8(7)10;8-5-1-4(3-11)7(10)6(9)2-5/h1-11H,(H,23,26)(H,24,25);1-8H,(H2,19,22)(H,20,21);4-5H,1-3H3;4-5H,1-3H3;1-2,4H;1-3H/b7-6+;5-4+;;;;. The van der Waals surface area contributed by atoms with Gasteiger partial charge in [-0.3, -0.25) is 34.2 Å². The quantitative estimate of drug-likeness (QED) is 0.0395. The zero-order valence-electron chi connectivity index (χ0n) is 52.8. The van der Waals surface area contributed by atoms with E-state index in [0.29, 0.717) is 74.4 Å². The average molecular weight is 1610 g/mol. The maximum absolute atomic E-state index is 14.3. The number of nitrogens with two attached hydrogens (primary N) is 1. The molecule has 0 fully saturated rings. The third-order valence-corrected chi connectivity index (χ3v) is 20.0. The number of aldehydes is 3. The topological polar surface area (TPSA) is 218 Å². The summed E-state index contributed by atoms with van der Waals surface area (Å²) in [7, 11) is -3.78. The number of nitrogens with zero attached hydrogens (tertiary/aromatic N) is 3. The fourth-order valence-corrected chi connectivity index (χ4v) is 16.7. The van der Waals surface area contributed by atoms with Gasteiger partial charge in [-0.15, -0.1) is 0 Å². The van der Waals surface area contributed by atoms with E-state index in [4.69, 9.17) is 15.4 Å². The van der Waals surface area contributed by atoms with Crippen molar-refractivity contribution in [2.24, 2.45) is 5.73 Å². The number of halogens is 15. The number of benzene rings is 8. The van der Waals surface area contributed by atoms with Gasteiger partial charge in [-0.2, -0.15) is 15.5 Å². The number of hydrogen-bond acceptors (Lipinski definition) is 9. The van der Waals surface area contributed by atoms with Gasteiger partial charge in [0, 0.05) is 36.3 Å². The fourth-order valence-electron chi connectivity index (χ4n) is 8.84. The predicted molar refractivity (Wildman–Crippen MR) is 373 cm³/mol. The summed E-state index contributed by atoms with van der Waals surface area (Å²) in [6.07, 6.45) is 8.81. The highest BCUT2D eigenvalue weighted by molar-refractivity contribution is 9.11. The second-order valence-corrected chi connectivity index (χ2v) is 35.5. The molecule has 11 rings (SSSR count). The Kier molecular flexibility index (Phi) is 27.7. The van der Waals surface area contributed by atoms with E-state index < -0.39 is 91.7 Å². The number of furan rings is 1. The second kappa shape index (κ2) is 35.1. The molecule has 0 aliphatic rings. The third-order valence-electron chi connectivity index (χ3n) is 13.5. The summed E-state index contributed by atoms with van der Waals surface area (Å²) in [5.41, 5.74) is 7.18. The molecule has 0 saturated heterocycles. The molecule has 2 amide bonds. The van der Waals surface area contributed by atoms with Gasteiger partial charge in [-0.05, 0) is 125 Å². The number of amides is 2. The van der Waals surface area contributed by atoms with E-state index in [-0.39, 0.29) is 57.9 Å². The molecular formula is C70H52Br3F12N7O6Si2. The Balaban J connectivity index is 0.000000196. The van der Waals surface area contributed by atoms with Crippen molar-refractivity contribution in [2.75, 3.05) is 5.32 Å². The first-order valence-corrected chi connectivity index (χ1v) is 38.1. The number of fused-ring (bicyclic) bond motifs is 2. The van der Waals surface area contributed by atoms with Gasteiger partial charge in [0.2, 0.25) is 0 Å². The van der Waals surface area contributed by atoms with E-state index in [2.05, 4.69) is 73.5 Å². The second-order valence-electron chi connectivity index (χ2n) is 22.8. The molecule has 11 aromatic rings. The number of nitriles is 1. The molecule has 0 spiro atoms. The van der Waals surface area contributed by atoms with Crippen LogP contribution in [-0.2, 0) is 0 Å². The molecule has 0 aliphatic heterocycles. The van der Waals surface area contributed by atoms with Gasteiger partial charge >= 0.3 is 0 Å². The van der Waals surface area contributed by atoms with Crippen molar-refractivity contribution in [1.82, 2.24) is 20.4 Å². The number of anilines is 1. The molecule has 0 atom stereocenters. The Hall–Kier alpha value is -10.1. The van der Waals surface area contributed by atoms with Crippen LogP contribution in [0, 0.1) is 81.1 Å². The number of nitrogens with one attached hydrogen (secondary N) is 3. The first-order chi connectivity index (χ1) is 47.1. The van der Waals surface area contributed by atoms with Crippen molar-refractivity contribution in [3.63, 3.8) is 0 Å². The fraction of sp³-hybridized carbons (Fsp3) is 0.0857. The van der Waals surface area contributed by atoms with Crippen LogP contribution in [0.5, 0.6) is 0 Å². The highest BCUT2D eigenvalue weighted by atomic mass is 79.9. The summed E-state index contributed by atoms with van der Waals surface area (Å²) in [6.45, 7) is 11.7. The van der Waals surface area contributed by atoms with Crippen molar-refractivity contribution in [3.8, 4) is 6.07 Å². The smallest absolute Gasteiger partial charge is 0.291 e. The Bertz CT molecular complexity index is 4980. The maximum atomic E-state index is 14.3. The molecule has 0 saturated carbocycles. The highest BCUT2D eigenvalue weighted by Crippen LogP contribution is 2.28. The summed E-state index contributed by atoms with van der Waals surface area (Å²) < 4.78 is 164. The van der Waals surface area contributed by atoms with Crippen molar-refractivity contribution < 1.29 is 81.1 Å². The number of aromatic amines is 2. The van der Waals surface area contributed by atoms with Crippen LogP contribution in [0.3, 0.4) is 0 Å². The predicted octanol–water partition coefficient (Wildman–Crippen LogP) is 18.5. The molecule has 516 valence electrons. The number of H-pyrrole nitrogens is 2. The Morgan fingerprint density at radius 1 is 0.520 bits per heavy atom. The van der Waals surface area contributed by atoms with Crippen molar-refractivity contribution in [3.05, 3.63) is 273 Å². The van der Waals surface area contributed by atoms with E-state index >= 15 is 0 Å². The highest BCUT2D eigenvalue weighted by Gasteiger charge is 2.28. The Morgan fingerprint density at radius 2 is 1.02 bits per heavy atom. The normalized spacial score (nSPS) is 11.0. The lowest BCUT2D eigenvalue weighted by Crippen LogP contribution is -2.42. The molecule has 0 unspecified atom stereocenters. The average Bonchev–Trinajstić information content (AvgIpc) is 1.72. The first kappa shape index (κ1) is 78.9. The SMILES string of the molecule is C[Si](C)(C)c1c(Br)cc(C=O)c(F)c1F.C[Si](C)(C)c1c(Br)ccc(F)c1F.N#Cc1cc(F)c(F)c(C=O)c1.NC(=O)c1cc2c(/C=C/c3cccc(F)c3)n[nH]c2cc1F.O=C(Nc1cc2c(/C=C/c3cccc(F)c3)n[nH]c2cc1F)c1ccco1.O=Cc1cc(Br)cc(F)c1F. The van der Waals surface area contributed by atoms with Crippen LogP contribution in [-0.4, -0.2) is 67.2 Å². The summed E-state index contributed by atoms with van der Waals surface area (Å²) >= 11 is 9.35. The minimum atomic E-state index is -1.97. The van der Waals surface area contributed by atoms with Crippen LogP contribution in [0.15, 0.2) is 151 Å². The molecule has 0 bridgehead atoms. The number of aromatic nitrogens is 4. The minimum absolute atomic E-state index is 0.00528. The number of hydrogen-bond donors (Lipinski definition) is 4. The summed E-state index contributed by atoms with van der Waals surface area (Å²) in [5, 5.41) is 26.5. The number of primary amides is 1. The minimum Gasteiger partial charge on any atom is -0.459 e. The molecule has 30 heteroatoms. The van der Waals surface area contributed by atoms with Gasteiger partial charge in [0.05, 0.1) is 84.4 Å². The molecule has 5 N–H and O–H groups in total. The van der Waals surface area contributed by atoms with Gasteiger partial charge in [0.1, 0.15) is 23.3 Å². The van der Waals surface area contributed by atoms with Crippen molar-refractivity contribution >= 4 is 157 Å². The monoisotopic (exact) mass is 1610 g/mol. The zero-order chi connectivity index (χ0) is 74.1. The molecule has 3 heterocycles. The summed E-state index contributed by atoms with van der Waals surface area (Å²) in [4.78, 5) is 54.0. The van der Waals surface area contributed by atoms with Crippen LogP contribution in [0.1, 0.15) is 80.1 Å². The zero-order valence-corrected chi connectivity index (χ0v) is 59.5. The Labute approximate surface area is 589 Å². The molecular weight excluding hydrogens is 1560 g/mol. The van der Waals surface area contributed by atoms with E-state index in [9.17, 15) is 76.7 Å². The van der Waals surface area contributed by atoms with E-state index in [1.54, 1.807) is 66.8 Å². The van der Waals surface area contributed by atoms with Crippen LogP contribution in [0.4, 0.5) is 58.4 Å². The largest absolute Gasteiger partial charge is 0.459 e. The van der Waals surface area contributed by atoms with Crippen LogP contribution >= 0.6 is 47.8 Å². The molecule has 3 aromatic heterocycles. The number of rotatable bonds is 12. The number of carbonyl (C=O) groups excluding carboxylic acids is 5. The van der Waals surface area contributed by atoms with Crippen molar-refractivity contribution in [1.29, 1.82) is 5.26 Å². The molecule has 0 radical (unpaired) electrons. The Morgan fingerprint density at radius 3 is 1.50 bits per heavy atom. The molecule has 100 heavy (non-hydrogen) atoms. The van der Waals surface area contributed by atoms with Crippen LogP contribution in [0.25, 0.3) is 46.1 Å². The van der Waals surface area contributed by atoms with Gasteiger partial charge in [0.25, 0.3) is 11.8 Å². The lowest BCUT2D eigenvalue weighted by Gasteiger charge is -2.20. The molecule has 0 aliphatic carbocycles.